The smallest absolute Gasteiger partial charge is 0.419 e. The minimum Gasteiger partial charge on any atom is -0.459 e. The van der Waals surface area contributed by atoms with Gasteiger partial charge in [0.05, 0.1) is 13.2 Å². The van der Waals surface area contributed by atoms with Crippen LogP contribution in [0.2, 0.25) is 0 Å². The first-order chi connectivity index (χ1) is 8.06. The summed E-state index contributed by atoms with van der Waals surface area (Å²) in [5.41, 5.74) is 0. The van der Waals surface area contributed by atoms with Gasteiger partial charge in [-0.25, -0.2) is 14.1 Å². The second-order valence-corrected chi connectivity index (χ2v) is 3.95. The number of aliphatic hydroxyl groups excluding tert-OH is 2. The highest BCUT2D eigenvalue weighted by Crippen LogP contribution is 2.19. The van der Waals surface area contributed by atoms with Crippen molar-refractivity contribution in [2.24, 2.45) is 0 Å². The number of hydrogen-bond acceptors (Lipinski definition) is 5. The topological polar surface area (TPSA) is 95.9 Å². The van der Waals surface area contributed by atoms with E-state index in [0.29, 0.717) is 19.5 Å². The Balaban J connectivity index is 2.72. The van der Waals surface area contributed by atoms with Crippen LogP contribution in [0.3, 0.4) is 0 Å². The van der Waals surface area contributed by atoms with E-state index in [1.54, 1.807) is 6.92 Å². The molecule has 17 heavy (non-hydrogen) atoms. The fourth-order valence-electron chi connectivity index (χ4n) is 1.93. The molecule has 0 saturated carbocycles. The summed E-state index contributed by atoms with van der Waals surface area (Å²) in [5.74, 6) is -0.600. The maximum absolute atomic E-state index is 11.8. The Morgan fingerprint density at radius 3 is 2.88 bits per heavy atom. The van der Waals surface area contributed by atoms with Gasteiger partial charge in [0.15, 0.2) is 6.54 Å². The van der Waals surface area contributed by atoms with Crippen molar-refractivity contribution in [2.75, 3.05) is 32.8 Å². The molecule has 0 aliphatic carbocycles. The highest BCUT2D eigenvalue weighted by Gasteiger charge is 2.47. The quantitative estimate of drug-likeness (QED) is 0.418. The van der Waals surface area contributed by atoms with Crippen LogP contribution in [-0.2, 0) is 9.53 Å². The number of amides is 2. The lowest BCUT2D eigenvalue weighted by Gasteiger charge is -2.40. The van der Waals surface area contributed by atoms with Crippen molar-refractivity contribution < 1.29 is 29.0 Å². The van der Waals surface area contributed by atoms with Crippen LogP contribution in [0.15, 0.2) is 0 Å². The van der Waals surface area contributed by atoms with Crippen molar-refractivity contribution >= 4 is 12.0 Å². The third kappa shape index (κ3) is 2.93. The minimum atomic E-state index is -0.893. The first kappa shape index (κ1) is 13.9. The van der Waals surface area contributed by atoms with E-state index in [4.69, 9.17) is 9.84 Å². The van der Waals surface area contributed by atoms with Gasteiger partial charge in [-0.3, -0.25) is 0 Å². The molecule has 3 N–H and O–H groups in total. The fourth-order valence-corrected chi connectivity index (χ4v) is 1.93. The van der Waals surface area contributed by atoms with Crippen LogP contribution in [0.4, 0.5) is 4.79 Å². The van der Waals surface area contributed by atoms with E-state index in [1.807, 2.05) is 0 Å². The van der Waals surface area contributed by atoms with Gasteiger partial charge in [0.2, 0.25) is 6.23 Å². The highest BCUT2D eigenvalue weighted by molar-refractivity contribution is 5.75. The maximum Gasteiger partial charge on any atom is 0.419 e. The molecule has 0 aromatic rings. The molecule has 0 radical (unpaired) electrons. The van der Waals surface area contributed by atoms with E-state index in [2.05, 4.69) is 5.32 Å². The van der Waals surface area contributed by atoms with Crippen molar-refractivity contribution in [2.45, 2.75) is 19.6 Å². The molecular formula is C10H19N2O5+. The molecule has 1 saturated heterocycles. The molecule has 1 heterocycles. The Labute approximate surface area is 99.6 Å². The molecule has 2 amide bonds. The van der Waals surface area contributed by atoms with E-state index in [1.165, 1.54) is 0 Å². The molecule has 1 rings (SSSR count). The van der Waals surface area contributed by atoms with Crippen molar-refractivity contribution in [1.82, 2.24) is 5.32 Å². The molecule has 0 bridgehead atoms. The lowest BCUT2D eigenvalue weighted by Crippen LogP contribution is -2.68. The summed E-state index contributed by atoms with van der Waals surface area (Å²) in [6, 6.07) is -0.368. The zero-order valence-electron chi connectivity index (χ0n) is 9.89. The molecule has 7 heteroatoms. The number of carbonyl (C=O) groups excluding carboxylic acids is 2. The summed E-state index contributed by atoms with van der Waals surface area (Å²) in [5, 5.41) is 21.1. The number of ether oxygens (including phenoxy) is 1. The number of aliphatic hydroxyl groups is 2. The van der Waals surface area contributed by atoms with E-state index < -0.39 is 12.2 Å². The molecule has 7 nitrogen and oxygen atoms in total. The number of nitrogens with one attached hydrogen (secondary N) is 1. The summed E-state index contributed by atoms with van der Waals surface area (Å²) in [7, 11) is 0. The maximum atomic E-state index is 11.8. The SMILES string of the molecule is CC[N+]1(CC(=O)OCCO)C(=O)NCCC1O. The molecule has 1 aliphatic rings. The molecule has 2 atom stereocenters. The van der Waals surface area contributed by atoms with Gasteiger partial charge in [0.1, 0.15) is 6.61 Å². The summed E-state index contributed by atoms with van der Waals surface area (Å²) in [4.78, 5) is 23.3. The molecule has 0 aromatic heterocycles. The van der Waals surface area contributed by atoms with E-state index in [0.717, 1.165) is 0 Å². The van der Waals surface area contributed by atoms with Gasteiger partial charge >= 0.3 is 12.0 Å². The number of nitrogens with zero attached hydrogens (tertiary/aromatic N) is 1. The Hall–Kier alpha value is -1.18. The van der Waals surface area contributed by atoms with Crippen LogP contribution in [0.1, 0.15) is 13.3 Å². The number of carbonyl (C=O) groups is 2. The lowest BCUT2D eigenvalue weighted by molar-refractivity contribution is -0.894. The Morgan fingerprint density at radius 2 is 2.35 bits per heavy atom. The highest BCUT2D eigenvalue weighted by atomic mass is 16.5. The summed E-state index contributed by atoms with van der Waals surface area (Å²) >= 11 is 0. The molecule has 1 fully saturated rings. The number of quaternary nitrogens is 1. The van der Waals surface area contributed by atoms with Crippen LogP contribution in [0, 0.1) is 0 Å². The predicted molar refractivity (Wildman–Crippen MR) is 57.7 cm³/mol. The van der Waals surface area contributed by atoms with Crippen LogP contribution in [0.5, 0.6) is 0 Å². The molecule has 1 aliphatic heterocycles. The molecule has 0 aromatic carbocycles. The zero-order chi connectivity index (χ0) is 12.9. The van der Waals surface area contributed by atoms with Gasteiger partial charge in [-0.2, -0.15) is 0 Å². The number of urea groups is 1. The Morgan fingerprint density at radius 1 is 1.65 bits per heavy atom. The largest absolute Gasteiger partial charge is 0.459 e. The first-order valence-electron chi connectivity index (χ1n) is 5.66. The van der Waals surface area contributed by atoms with Gasteiger partial charge < -0.3 is 20.3 Å². The van der Waals surface area contributed by atoms with Crippen molar-refractivity contribution in [3.63, 3.8) is 0 Å². The number of esters is 1. The predicted octanol–water partition coefficient (Wildman–Crippen LogP) is -1.21. The lowest BCUT2D eigenvalue weighted by atomic mass is 10.2. The van der Waals surface area contributed by atoms with E-state index in [9.17, 15) is 14.7 Å². The molecule has 0 spiro atoms. The number of rotatable bonds is 5. The van der Waals surface area contributed by atoms with Gasteiger partial charge in [-0.05, 0) is 6.92 Å². The summed E-state index contributed by atoms with van der Waals surface area (Å²) in [6.45, 7) is 1.87. The zero-order valence-corrected chi connectivity index (χ0v) is 9.89. The van der Waals surface area contributed by atoms with Gasteiger partial charge in [-0.15, -0.1) is 0 Å². The van der Waals surface area contributed by atoms with Gasteiger partial charge in [0.25, 0.3) is 0 Å². The van der Waals surface area contributed by atoms with Crippen LogP contribution in [-0.4, -0.2) is 65.8 Å². The first-order valence-corrected chi connectivity index (χ1v) is 5.66. The van der Waals surface area contributed by atoms with Crippen molar-refractivity contribution in [3.05, 3.63) is 0 Å². The van der Waals surface area contributed by atoms with Crippen LogP contribution >= 0.6 is 0 Å². The fraction of sp³-hybridized carbons (Fsp3) is 0.800. The van der Waals surface area contributed by atoms with Crippen molar-refractivity contribution in [1.29, 1.82) is 0 Å². The number of hydrogen-bond donors (Lipinski definition) is 3. The summed E-state index contributed by atoms with van der Waals surface area (Å²) < 4.78 is 4.36. The van der Waals surface area contributed by atoms with Gasteiger partial charge in [-0.1, -0.05) is 0 Å². The monoisotopic (exact) mass is 247 g/mol. The van der Waals surface area contributed by atoms with Crippen LogP contribution in [0.25, 0.3) is 0 Å². The second-order valence-electron chi connectivity index (χ2n) is 3.95. The van der Waals surface area contributed by atoms with Crippen molar-refractivity contribution in [3.8, 4) is 0 Å². The third-order valence-corrected chi connectivity index (χ3v) is 2.98. The Bertz CT molecular complexity index is 296. The Kier molecular flexibility index (Phi) is 4.86. The third-order valence-electron chi connectivity index (χ3n) is 2.98. The second kappa shape index (κ2) is 5.95. The van der Waals surface area contributed by atoms with E-state index in [-0.39, 0.29) is 30.3 Å². The van der Waals surface area contributed by atoms with Crippen LogP contribution < -0.4 is 5.32 Å². The average Bonchev–Trinajstić information content (AvgIpc) is 2.31. The van der Waals surface area contributed by atoms with Gasteiger partial charge in [0, 0.05) is 13.0 Å². The van der Waals surface area contributed by atoms with E-state index >= 15 is 0 Å². The average molecular weight is 247 g/mol. The normalized spacial score (nSPS) is 28.6. The standard InChI is InChI=1S/C10H18N2O5/c1-2-12(7-9(15)17-6-5-13)8(14)3-4-11-10(12)16/h8,13-14H,2-7H2,1H3/p+1. The molecule has 98 valence electrons. The summed E-state index contributed by atoms with van der Waals surface area (Å²) in [6.07, 6.45) is -0.484. The molecule has 2 unspecified atom stereocenters. The molecular weight excluding hydrogens is 228 g/mol. The number of likely N-dealkylation sites (N-methyl/N-ethyl adjacent to an activating group) is 1. The minimum absolute atomic E-state index is 0.0970.